The summed E-state index contributed by atoms with van der Waals surface area (Å²) in [7, 11) is 0. The summed E-state index contributed by atoms with van der Waals surface area (Å²) in [5, 5.41) is 10.3. The van der Waals surface area contributed by atoms with E-state index in [1.807, 2.05) is 48.5 Å². The molecule has 2 heterocycles. The third-order valence-corrected chi connectivity index (χ3v) is 5.03. The Morgan fingerprint density at radius 2 is 1.78 bits per heavy atom. The van der Waals surface area contributed by atoms with E-state index in [0.29, 0.717) is 25.9 Å². The van der Waals surface area contributed by atoms with E-state index in [4.69, 9.17) is 0 Å². The van der Waals surface area contributed by atoms with Crippen LogP contribution in [0.2, 0.25) is 0 Å². The number of likely N-dealkylation sites (tertiary alicyclic amines) is 1. The largest absolute Gasteiger partial charge is 0.283 e. The van der Waals surface area contributed by atoms with Crippen molar-refractivity contribution in [3.05, 3.63) is 16.1 Å². The summed E-state index contributed by atoms with van der Waals surface area (Å²) >= 11 is 1.55. The number of hydrogen-bond acceptors (Lipinski definition) is 4. The number of piperidine rings is 1. The zero-order valence-corrected chi connectivity index (χ0v) is 16.5. The predicted molar refractivity (Wildman–Crippen MR) is 97.4 cm³/mol. The van der Waals surface area contributed by atoms with Crippen LogP contribution in [0.25, 0.3) is 0 Å². The number of alkyl halides is 1. The van der Waals surface area contributed by atoms with Crippen LogP contribution in [0.4, 0.5) is 4.39 Å². The fraction of sp³-hybridized carbons (Fsp3) is 0.778. The fourth-order valence-corrected chi connectivity index (χ4v) is 3.43. The SMILES string of the molecule is CC.CC.Cc1ncc(C(C#N)N2CCC(F)(C(C)C)CC2)s1. The Labute approximate surface area is 145 Å². The van der Waals surface area contributed by atoms with E-state index in [0.717, 1.165) is 9.88 Å². The molecule has 1 atom stereocenters. The van der Waals surface area contributed by atoms with Crippen LogP contribution >= 0.6 is 11.3 Å². The molecule has 0 aliphatic carbocycles. The minimum absolute atomic E-state index is 0.0424. The van der Waals surface area contributed by atoms with Crippen molar-refractivity contribution in [3.8, 4) is 6.07 Å². The number of nitriles is 1. The van der Waals surface area contributed by atoms with Crippen LogP contribution in [-0.2, 0) is 0 Å². The van der Waals surface area contributed by atoms with Crippen LogP contribution < -0.4 is 0 Å². The van der Waals surface area contributed by atoms with Gasteiger partial charge in [0.1, 0.15) is 11.7 Å². The number of rotatable bonds is 3. The second-order valence-corrected chi connectivity index (χ2v) is 6.80. The quantitative estimate of drug-likeness (QED) is 0.726. The summed E-state index contributed by atoms with van der Waals surface area (Å²) in [4.78, 5) is 7.25. The third kappa shape index (κ3) is 5.86. The maximum absolute atomic E-state index is 14.5. The Morgan fingerprint density at radius 1 is 1.26 bits per heavy atom. The Morgan fingerprint density at radius 3 is 2.13 bits per heavy atom. The van der Waals surface area contributed by atoms with E-state index in [9.17, 15) is 9.65 Å². The van der Waals surface area contributed by atoms with Crippen molar-refractivity contribution in [1.82, 2.24) is 9.88 Å². The van der Waals surface area contributed by atoms with E-state index in [1.54, 1.807) is 17.5 Å². The minimum atomic E-state index is -1.07. The molecule has 23 heavy (non-hydrogen) atoms. The van der Waals surface area contributed by atoms with Crippen molar-refractivity contribution in [2.75, 3.05) is 13.1 Å². The van der Waals surface area contributed by atoms with Crippen molar-refractivity contribution in [2.45, 2.75) is 73.0 Å². The van der Waals surface area contributed by atoms with E-state index in [1.165, 1.54) is 0 Å². The van der Waals surface area contributed by atoms with Gasteiger partial charge in [0.15, 0.2) is 0 Å². The summed E-state index contributed by atoms with van der Waals surface area (Å²) in [6.45, 7) is 15.1. The Kier molecular flexibility index (Phi) is 10.3. The van der Waals surface area contributed by atoms with Crippen LogP contribution in [0.5, 0.6) is 0 Å². The Hall–Kier alpha value is -0.990. The van der Waals surface area contributed by atoms with Crippen LogP contribution in [0.15, 0.2) is 6.20 Å². The van der Waals surface area contributed by atoms with E-state index in [2.05, 4.69) is 16.0 Å². The summed E-state index contributed by atoms with van der Waals surface area (Å²) in [6, 6.07) is 2.06. The molecule has 0 bridgehead atoms. The summed E-state index contributed by atoms with van der Waals surface area (Å²) in [5.74, 6) is 0.0424. The Bertz CT molecular complexity index is 471. The number of aryl methyl sites for hydroxylation is 1. The van der Waals surface area contributed by atoms with Crippen molar-refractivity contribution in [2.24, 2.45) is 5.92 Å². The topological polar surface area (TPSA) is 39.9 Å². The first kappa shape index (κ1) is 22.0. The van der Waals surface area contributed by atoms with Gasteiger partial charge in [0, 0.05) is 19.3 Å². The molecule has 0 radical (unpaired) electrons. The molecule has 1 saturated heterocycles. The molecule has 0 spiro atoms. The first-order valence-electron chi connectivity index (χ1n) is 8.71. The first-order chi connectivity index (χ1) is 11.0. The molecule has 1 fully saturated rings. The third-order valence-electron chi connectivity index (χ3n) is 4.06. The molecule has 5 heteroatoms. The molecular weight excluding hydrogens is 309 g/mol. The standard InChI is InChI=1S/C14H20FN3S.2C2H6/c1-10(2)14(15)4-6-18(7-5-14)12(8-16)13-9-17-11(3)19-13;2*1-2/h9-10,12H,4-7H2,1-3H3;2*1-2H3. The van der Waals surface area contributed by atoms with Crippen LogP contribution in [0, 0.1) is 24.2 Å². The second kappa shape index (κ2) is 10.7. The lowest BCUT2D eigenvalue weighted by Crippen LogP contribution is -2.45. The number of aromatic nitrogens is 1. The van der Waals surface area contributed by atoms with Gasteiger partial charge in [0.25, 0.3) is 0 Å². The molecule has 1 aromatic heterocycles. The minimum Gasteiger partial charge on any atom is -0.283 e. The average Bonchev–Trinajstić information content (AvgIpc) is 3.00. The van der Waals surface area contributed by atoms with Crippen molar-refractivity contribution >= 4 is 11.3 Å². The van der Waals surface area contributed by atoms with Gasteiger partial charge in [0.2, 0.25) is 0 Å². The van der Waals surface area contributed by atoms with Crippen molar-refractivity contribution in [1.29, 1.82) is 5.26 Å². The molecule has 0 N–H and O–H groups in total. The zero-order valence-electron chi connectivity index (χ0n) is 15.7. The van der Waals surface area contributed by atoms with Gasteiger partial charge < -0.3 is 0 Å². The summed E-state index contributed by atoms with van der Waals surface area (Å²) in [6.07, 6.45) is 2.80. The van der Waals surface area contributed by atoms with E-state index in [-0.39, 0.29) is 12.0 Å². The molecule has 0 aromatic carbocycles. The fourth-order valence-electron chi connectivity index (χ4n) is 2.56. The highest BCUT2D eigenvalue weighted by molar-refractivity contribution is 7.11. The van der Waals surface area contributed by atoms with Crippen LogP contribution in [0.1, 0.15) is 70.3 Å². The maximum atomic E-state index is 14.5. The second-order valence-electron chi connectivity index (χ2n) is 5.54. The monoisotopic (exact) mass is 341 g/mol. The first-order valence-corrected chi connectivity index (χ1v) is 9.53. The van der Waals surface area contributed by atoms with Gasteiger partial charge in [-0.25, -0.2) is 9.37 Å². The lowest BCUT2D eigenvalue weighted by molar-refractivity contribution is 0.0125. The van der Waals surface area contributed by atoms with Gasteiger partial charge in [0.05, 0.1) is 16.0 Å². The molecular formula is C18H32FN3S. The van der Waals surface area contributed by atoms with Gasteiger partial charge in [-0.1, -0.05) is 41.5 Å². The predicted octanol–water partition coefficient (Wildman–Crippen LogP) is 5.53. The van der Waals surface area contributed by atoms with E-state index >= 15 is 0 Å². The summed E-state index contributed by atoms with van der Waals surface area (Å²) in [5.41, 5.74) is -1.07. The van der Waals surface area contributed by atoms with Gasteiger partial charge in [-0.2, -0.15) is 5.26 Å². The van der Waals surface area contributed by atoms with Gasteiger partial charge in [-0.3, -0.25) is 4.90 Å². The molecule has 1 aromatic rings. The molecule has 0 saturated carbocycles. The summed E-state index contributed by atoms with van der Waals surface area (Å²) < 4.78 is 14.5. The zero-order chi connectivity index (χ0) is 18.0. The average molecular weight is 342 g/mol. The van der Waals surface area contributed by atoms with Gasteiger partial charge in [-0.05, 0) is 25.7 Å². The highest BCUT2D eigenvalue weighted by Gasteiger charge is 2.39. The normalized spacial score (nSPS) is 18.1. The van der Waals surface area contributed by atoms with Crippen molar-refractivity contribution < 1.29 is 4.39 Å². The Balaban J connectivity index is 0.00000112. The molecule has 1 unspecified atom stereocenters. The highest BCUT2D eigenvalue weighted by Crippen LogP contribution is 2.37. The highest BCUT2D eigenvalue weighted by atomic mass is 32.1. The number of hydrogen-bond donors (Lipinski definition) is 0. The van der Waals surface area contributed by atoms with Crippen molar-refractivity contribution in [3.63, 3.8) is 0 Å². The van der Waals surface area contributed by atoms with Gasteiger partial charge >= 0.3 is 0 Å². The lowest BCUT2D eigenvalue weighted by atomic mass is 9.83. The van der Waals surface area contributed by atoms with Crippen LogP contribution in [0.3, 0.4) is 0 Å². The van der Waals surface area contributed by atoms with Gasteiger partial charge in [-0.15, -0.1) is 11.3 Å². The number of nitrogens with zero attached hydrogens (tertiary/aromatic N) is 3. The maximum Gasteiger partial charge on any atom is 0.134 e. The number of thiazole rings is 1. The molecule has 1 aliphatic rings. The number of halogens is 1. The van der Waals surface area contributed by atoms with Crippen LogP contribution in [-0.4, -0.2) is 28.6 Å². The molecule has 0 amide bonds. The molecule has 1 aliphatic heterocycles. The molecule has 3 nitrogen and oxygen atoms in total. The smallest absolute Gasteiger partial charge is 0.134 e. The molecule has 132 valence electrons. The molecule has 2 rings (SSSR count). The van der Waals surface area contributed by atoms with E-state index < -0.39 is 5.67 Å². The lowest BCUT2D eigenvalue weighted by Gasteiger charge is -2.40.